The van der Waals surface area contributed by atoms with Crippen LogP contribution in [-0.4, -0.2) is 24.2 Å². The number of hydrogen-bond acceptors (Lipinski definition) is 4. The molecule has 0 saturated heterocycles. The van der Waals surface area contributed by atoms with Gasteiger partial charge in [0.15, 0.2) is 0 Å². The third-order valence-electron chi connectivity index (χ3n) is 2.62. The van der Waals surface area contributed by atoms with Gasteiger partial charge in [0.1, 0.15) is 0 Å². The molecule has 0 bridgehead atoms. The van der Waals surface area contributed by atoms with Gasteiger partial charge < -0.3 is 10.1 Å². The molecule has 0 fully saturated rings. The SMILES string of the molecule is Cc1cc(NCCCCOC(C)C)cc([N+](=O)[O-])c1. The molecule has 0 aliphatic carbocycles. The van der Waals surface area contributed by atoms with E-state index in [1.165, 1.54) is 0 Å². The van der Waals surface area contributed by atoms with Crippen molar-refractivity contribution >= 4 is 11.4 Å². The van der Waals surface area contributed by atoms with Crippen molar-refractivity contribution in [2.75, 3.05) is 18.5 Å². The van der Waals surface area contributed by atoms with Crippen LogP contribution in [-0.2, 0) is 4.74 Å². The van der Waals surface area contributed by atoms with Crippen LogP contribution in [0.25, 0.3) is 0 Å². The van der Waals surface area contributed by atoms with Gasteiger partial charge in [-0.15, -0.1) is 0 Å². The number of unbranched alkanes of at least 4 members (excludes halogenated alkanes) is 1. The van der Waals surface area contributed by atoms with Crippen LogP contribution in [0.3, 0.4) is 0 Å². The first-order valence-electron chi connectivity index (χ1n) is 6.60. The predicted octanol–water partition coefficient (Wildman–Crippen LogP) is 3.52. The zero-order valence-electron chi connectivity index (χ0n) is 11.8. The van der Waals surface area contributed by atoms with Crippen LogP contribution in [0.4, 0.5) is 11.4 Å². The molecule has 5 nitrogen and oxygen atoms in total. The number of benzene rings is 1. The number of rotatable bonds is 8. The summed E-state index contributed by atoms with van der Waals surface area (Å²) < 4.78 is 5.45. The molecule has 19 heavy (non-hydrogen) atoms. The largest absolute Gasteiger partial charge is 0.385 e. The highest BCUT2D eigenvalue weighted by molar-refractivity contribution is 5.53. The number of non-ortho nitro benzene ring substituents is 1. The molecule has 0 aromatic heterocycles. The maximum absolute atomic E-state index is 10.7. The lowest BCUT2D eigenvalue weighted by Gasteiger charge is -2.09. The maximum atomic E-state index is 10.7. The highest BCUT2D eigenvalue weighted by atomic mass is 16.6. The first-order chi connectivity index (χ1) is 8.99. The molecule has 1 aromatic carbocycles. The van der Waals surface area contributed by atoms with E-state index in [2.05, 4.69) is 5.32 Å². The van der Waals surface area contributed by atoms with Gasteiger partial charge in [-0.25, -0.2) is 0 Å². The molecule has 0 unspecified atom stereocenters. The van der Waals surface area contributed by atoms with Crippen LogP contribution in [0.15, 0.2) is 18.2 Å². The summed E-state index contributed by atoms with van der Waals surface area (Å²) in [6, 6.07) is 5.05. The Balaban J connectivity index is 2.35. The molecule has 5 heteroatoms. The first-order valence-corrected chi connectivity index (χ1v) is 6.60. The molecule has 0 amide bonds. The van der Waals surface area contributed by atoms with Gasteiger partial charge in [-0.3, -0.25) is 10.1 Å². The number of hydrogen-bond donors (Lipinski definition) is 1. The minimum Gasteiger partial charge on any atom is -0.385 e. The first kappa shape index (κ1) is 15.4. The van der Waals surface area contributed by atoms with E-state index in [0.717, 1.165) is 37.2 Å². The van der Waals surface area contributed by atoms with E-state index in [-0.39, 0.29) is 16.7 Å². The summed E-state index contributed by atoms with van der Waals surface area (Å²) >= 11 is 0. The van der Waals surface area contributed by atoms with Crippen molar-refractivity contribution in [2.45, 2.75) is 39.7 Å². The lowest BCUT2D eigenvalue weighted by atomic mass is 10.2. The van der Waals surface area contributed by atoms with Gasteiger partial charge in [0.2, 0.25) is 0 Å². The van der Waals surface area contributed by atoms with Gasteiger partial charge in [-0.1, -0.05) is 0 Å². The lowest BCUT2D eigenvalue weighted by molar-refractivity contribution is -0.384. The van der Waals surface area contributed by atoms with Gasteiger partial charge in [-0.05, 0) is 45.2 Å². The van der Waals surface area contributed by atoms with Crippen molar-refractivity contribution < 1.29 is 9.66 Å². The average molecular weight is 266 g/mol. The Kier molecular flexibility index (Phi) is 6.29. The molecule has 0 heterocycles. The fourth-order valence-corrected chi connectivity index (χ4v) is 1.75. The number of nitro benzene ring substituents is 1. The van der Waals surface area contributed by atoms with Crippen LogP contribution >= 0.6 is 0 Å². The molecule has 0 radical (unpaired) electrons. The van der Waals surface area contributed by atoms with E-state index < -0.39 is 0 Å². The fourth-order valence-electron chi connectivity index (χ4n) is 1.75. The molecular formula is C14H22N2O3. The predicted molar refractivity (Wildman–Crippen MR) is 76.6 cm³/mol. The Bertz CT molecular complexity index is 419. The van der Waals surface area contributed by atoms with Gasteiger partial charge in [0.05, 0.1) is 11.0 Å². The van der Waals surface area contributed by atoms with Crippen molar-refractivity contribution in [3.63, 3.8) is 0 Å². The summed E-state index contributed by atoms with van der Waals surface area (Å²) in [4.78, 5) is 10.4. The van der Waals surface area contributed by atoms with Crippen LogP contribution in [0, 0.1) is 17.0 Å². The van der Waals surface area contributed by atoms with E-state index in [9.17, 15) is 10.1 Å². The number of nitro groups is 1. The van der Waals surface area contributed by atoms with Crippen molar-refractivity contribution in [1.82, 2.24) is 0 Å². The molecular weight excluding hydrogens is 244 g/mol. The second-order valence-electron chi connectivity index (χ2n) is 4.87. The third-order valence-corrected chi connectivity index (χ3v) is 2.62. The quantitative estimate of drug-likeness (QED) is 0.444. The van der Waals surface area contributed by atoms with E-state index >= 15 is 0 Å². The Labute approximate surface area is 114 Å². The molecule has 0 saturated carbocycles. The second kappa shape index (κ2) is 7.74. The summed E-state index contributed by atoms with van der Waals surface area (Å²) in [6.07, 6.45) is 2.24. The molecule has 0 atom stereocenters. The monoisotopic (exact) mass is 266 g/mol. The third kappa shape index (κ3) is 6.20. The zero-order valence-corrected chi connectivity index (χ0v) is 11.8. The number of nitrogens with zero attached hydrogens (tertiary/aromatic N) is 1. The van der Waals surface area contributed by atoms with Gasteiger partial charge >= 0.3 is 0 Å². The second-order valence-corrected chi connectivity index (χ2v) is 4.87. The molecule has 0 spiro atoms. The highest BCUT2D eigenvalue weighted by Gasteiger charge is 2.07. The van der Waals surface area contributed by atoms with Gasteiger partial charge in [0, 0.05) is 31.0 Å². The summed E-state index contributed by atoms with van der Waals surface area (Å²) in [5, 5.41) is 14.0. The molecule has 1 aromatic rings. The van der Waals surface area contributed by atoms with Crippen LogP contribution in [0.2, 0.25) is 0 Å². The standard InChI is InChI=1S/C14H22N2O3/c1-11(2)19-7-5-4-6-15-13-8-12(3)9-14(10-13)16(17)18/h8-11,15H,4-7H2,1-3H3. The Morgan fingerprint density at radius 2 is 2.05 bits per heavy atom. The lowest BCUT2D eigenvalue weighted by Crippen LogP contribution is -2.07. The number of anilines is 1. The molecule has 106 valence electrons. The van der Waals surface area contributed by atoms with Gasteiger partial charge in [0.25, 0.3) is 5.69 Å². The topological polar surface area (TPSA) is 64.4 Å². The number of ether oxygens (including phenoxy) is 1. The van der Waals surface area contributed by atoms with Crippen LogP contribution in [0.5, 0.6) is 0 Å². The minimum absolute atomic E-state index is 0.130. The zero-order chi connectivity index (χ0) is 14.3. The number of nitrogens with one attached hydrogen (secondary N) is 1. The average Bonchev–Trinajstić information content (AvgIpc) is 2.32. The van der Waals surface area contributed by atoms with Crippen molar-refractivity contribution in [2.24, 2.45) is 0 Å². The summed E-state index contributed by atoms with van der Waals surface area (Å²) in [5.41, 5.74) is 1.82. The van der Waals surface area contributed by atoms with E-state index in [1.54, 1.807) is 12.1 Å². The molecule has 1 rings (SSSR count). The summed E-state index contributed by atoms with van der Waals surface area (Å²) in [5.74, 6) is 0. The van der Waals surface area contributed by atoms with Crippen LogP contribution < -0.4 is 5.32 Å². The molecule has 0 aliphatic heterocycles. The maximum Gasteiger partial charge on any atom is 0.271 e. The Hall–Kier alpha value is -1.62. The van der Waals surface area contributed by atoms with E-state index in [4.69, 9.17) is 4.74 Å². The van der Waals surface area contributed by atoms with Crippen molar-refractivity contribution in [1.29, 1.82) is 0 Å². The molecule has 1 N–H and O–H groups in total. The smallest absolute Gasteiger partial charge is 0.271 e. The van der Waals surface area contributed by atoms with E-state index in [1.807, 2.05) is 26.8 Å². The normalized spacial score (nSPS) is 10.7. The van der Waals surface area contributed by atoms with Crippen molar-refractivity contribution in [3.05, 3.63) is 33.9 Å². The fraction of sp³-hybridized carbons (Fsp3) is 0.571. The highest BCUT2D eigenvalue weighted by Crippen LogP contribution is 2.20. The number of aryl methyl sites for hydroxylation is 1. The van der Waals surface area contributed by atoms with Crippen molar-refractivity contribution in [3.8, 4) is 0 Å². The minimum atomic E-state index is -0.366. The molecule has 0 aliphatic rings. The summed E-state index contributed by atoms with van der Waals surface area (Å²) in [7, 11) is 0. The van der Waals surface area contributed by atoms with Crippen LogP contribution in [0.1, 0.15) is 32.3 Å². The Morgan fingerprint density at radius 1 is 1.32 bits per heavy atom. The van der Waals surface area contributed by atoms with Gasteiger partial charge in [-0.2, -0.15) is 0 Å². The summed E-state index contributed by atoms with van der Waals surface area (Å²) in [6.45, 7) is 7.44. The Morgan fingerprint density at radius 3 is 2.68 bits per heavy atom. The van der Waals surface area contributed by atoms with E-state index in [0.29, 0.717) is 0 Å².